The number of rotatable bonds is 2. The zero-order valence-electron chi connectivity index (χ0n) is 12.9. The van der Waals surface area contributed by atoms with E-state index in [0.717, 1.165) is 5.39 Å². The standard InChI is InChI=1S/C16H15ClN4O3/c1-16(20-15(22)23)4-5-21(7-16)14-13-12(18-8-19-14)10-6-9(17)2-3-11(10)24-13/h2-3,6,8,20H,4-5,7H2,1H3,(H,22,23)/t16-/m1/s1. The number of anilines is 1. The van der Waals surface area contributed by atoms with Gasteiger partial charge in [-0.15, -0.1) is 0 Å². The van der Waals surface area contributed by atoms with E-state index in [1.54, 1.807) is 6.07 Å². The molecule has 1 aliphatic heterocycles. The maximum Gasteiger partial charge on any atom is 0.405 e. The molecule has 3 aromatic rings. The zero-order chi connectivity index (χ0) is 16.9. The van der Waals surface area contributed by atoms with Gasteiger partial charge in [0.15, 0.2) is 11.4 Å². The number of hydrogen-bond acceptors (Lipinski definition) is 5. The van der Waals surface area contributed by atoms with Crippen molar-refractivity contribution in [2.24, 2.45) is 0 Å². The number of carbonyl (C=O) groups is 1. The number of carboxylic acid groups (broad SMARTS) is 1. The second kappa shape index (κ2) is 5.24. The molecule has 0 unspecified atom stereocenters. The highest BCUT2D eigenvalue weighted by Gasteiger charge is 2.37. The molecule has 8 heteroatoms. The highest BCUT2D eigenvalue weighted by molar-refractivity contribution is 6.31. The van der Waals surface area contributed by atoms with Gasteiger partial charge in [0, 0.05) is 23.5 Å². The molecule has 1 fully saturated rings. The van der Waals surface area contributed by atoms with Gasteiger partial charge < -0.3 is 19.7 Å². The average molecular weight is 347 g/mol. The topological polar surface area (TPSA) is 91.5 Å². The van der Waals surface area contributed by atoms with Gasteiger partial charge in [0.1, 0.15) is 17.4 Å². The molecule has 4 rings (SSSR count). The molecule has 0 spiro atoms. The van der Waals surface area contributed by atoms with Crippen LogP contribution in [0, 0.1) is 0 Å². The van der Waals surface area contributed by atoms with Crippen LogP contribution in [0.2, 0.25) is 5.02 Å². The number of halogens is 1. The molecule has 0 radical (unpaired) electrons. The smallest absolute Gasteiger partial charge is 0.405 e. The lowest BCUT2D eigenvalue weighted by atomic mass is 10.0. The van der Waals surface area contributed by atoms with E-state index in [-0.39, 0.29) is 0 Å². The quantitative estimate of drug-likeness (QED) is 0.740. The SMILES string of the molecule is C[C@@]1(NC(=O)O)CCN(c2ncnc3c2oc2ccc(Cl)cc23)C1. The Bertz CT molecular complexity index is 957. The Hall–Kier alpha value is -2.54. The van der Waals surface area contributed by atoms with Crippen LogP contribution in [0.1, 0.15) is 13.3 Å². The second-order valence-corrected chi connectivity index (χ2v) is 6.72. The van der Waals surface area contributed by atoms with Crippen molar-refractivity contribution in [2.75, 3.05) is 18.0 Å². The van der Waals surface area contributed by atoms with Crippen LogP contribution in [0.5, 0.6) is 0 Å². The van der Waals surface area contributed by atoms with Crippen molar-refractivity contribution >= 4 is 45.6 Å². The second-order valence-electron chi connectivity index (χ2n) is 6.28. The summed E-state index contributed by atoms with van der Waals surface area (Å²) in [5, 5.41) is 13.0. The lowest BCUT2D eigenvalue weighted by molar-refractivity contribution is 0.182. The maximum absolute atomic E-state index is 11.0. The molecule has 124 valence electrons. The van der Waals surface area contributed by atoms with Crippen molar-refractivity contribution < 1.29 is 14.3 Å². The monoisotopic (exact) mass is 346 g/mol. The van der Waals surface area contributed by atoms with E-state index >= 15 is 0 Å². The summed E-state index contributed by atoms with van der Waals surface area (Å²) in [5.41, 5.74) is 1.48. The van der Waals surface area contributed by atoms with Crippen molar-refractivity contribution in [3.63, 3.8) is 0 Å². The summed E-state index contributed by atoms with van der Waals surface area (Å²) in [6.45, 7) is 3.09. The van der Waals surface area contributed by atoms with Gasteiger partial charge in [-0.3, -0.25) is 0 Å². The summed E-state index contributed by atoms with van der Waals surface area (Å²) in [5.74, 6) is 0.670. The van der Waals surface area contributed by atoms with Crippen molar-refractivity contribution in [1.82, 2.24) is 15.3 Å². The van der Waals surface area contributed by atoms with Crippen LogP contribution in [0.3, 0.4) is 0 Å². The van der Waals surface area contributed by atoms with Crippen LogP contribution >= 0.6 is 11.6 Å². The largest absolute Gasteiger partial charge is 0.465 e. The number of furan rings is 1. The van der Waals surface area contributed by atoms with E-state index in [1.165, 1.54) is 6.33 Å². The molecule has 1 aliphatic rings. The molecule has 0 bridgehead atoms. The fourth-order valence-electron chi connectivity index (χ4n) is 3.26. The van der Waals surface area contributed by atoms with Gasteiger partial charge in [0.2, 0.25) is 0 Å². The molecule has 3 heterocycles. The molecule has 1 saturated heterocycles. The van der Waals surface area contributed by atoms with Gasteiger partial charge in [-0.1, -0.05) is 11.6 Å². The molecule has 24 heavy (non-hydrogen) atoms. The molecular weight excluding hydrogens is 332 g/mol. The fraction of sp³-hybridized carbons (Fsp3) is 0.312. The Kier molecular flexibility index (Phi) is 3.28. The number of amides is 1. The molecule has 0 saturated carbocycles. The number of nitrogens with zero attached hydrogens (tertiary/aromatic N) is 3. The van der Waals surface area contributed by atoms with E-state index < -0.39 is 11.6 Å². The minimum atomic E-state index is -1.02. The molecule has 2 N–H and O–H groups in total. The first kappa shape index (κ1) is 15.0. The first-order valence-electron chi connectivity index (χ1n) is 7.54. The molecule has 0 aliphatic carbocycles. The van der Waals surface area contributed by atoms with Gasteiger partial charge in [-0.2, -0.15) is 0 Å². The zero-order valence-corrected chi connectivity index (χ0v) is 13.7. The van der Waals surface area contributed by atoms with Crippen LogP contribution in [-0.2, 0) is 0 Å². The van der Waals surface area contributed by atoms with E-state index in [2.05, 4.69) is 15.3 Å². The number of benzene rings is 1. The summed E-state index contributed by atoms with van der Waals surface area (Å²) in [6, 6.07) is 5.39. The Labute approximate surface area is 142 Å². The van der Waals surface area contributed by atoms with Crippen molar-refractivity contribution in [3.8, 4) is 0 Å². The van der Waals surface area contributed by atoms with Gasteiger partial charge in [-0.25, -0.2) is 14.8 Å². The first-order chi connectivity index (χ1) is 11.5. The van der Waals surface area contributed by atoms with Gasteiger partial charge >= 0.3 is 6.09 Å². The molecule has 7 nitrogen and oxygen atoms in total. The van der Waals surface area contributed by atoms with E-state index in [9.17, 15) is 4.79 Å². The number of fused-ring (bicyclic) bond motifs is 3. The van der Waals surface area contributed by atoms with E-state index in [4.69, 9.17) is 21.1 Å². The molecule has 1 atom stereocenters. The first-order valence-corrected chi connectivity index (χ1v) is 7.92. The normalized spacial score (nSPS) is 20.8. The third-order valence-corrected chi connectivity index (χ3v) is 4.61. The van der Waals surface area contributed by atoms with Crippen molar-refractivity contribution in [2.45, 2.75) is 18.9 Å². The highest BCUT2D eigenvalue weighted by Crippen LogP contribution is 2.35. The number of nitrogens with one attached hydrogen (secondary N) is 1. The Balaban J connectivity index is 1.78. The lowest BCUT2D eigenvalue weighted by Crippen LogP contribution is -2.47. The lowest BCUT2D eigenvalue weighted by Gasteiger charge is -2.24. The summed E-state index contributed by atoms with van der Waals surface area (Å²) in [4.78, 5) is 21.7. The Morgan fingerprint density at radius 1 is 1.46 bits per heavy atom. The maximum atomic E-state index is 11.0. The van der Waals surface area contributed by atoms with Gasteiger partial charge in [0.05, 0.1) is 5.54 Å². The van der Waals surface area contributed by atoms with E-state index in [0.29, 0.717) is 47.0 Å². The Morgan fingerprint density at radius 3 is 3.08 bits per heavy atom. The molecule has 1 amide bonds. The predicted molar refractivity (Wildman–Crippen MR) is 90.7 cm³/mol. The minimum Gasteiger partial charge on any atom is -0.465 e. The third kappa shape index (κ3) is 2.41. The van der Waals surface area contributed by atoms with Crippen LogP contribution in [-0.4, -0.2) is 39.8 Å². The molecule has 2 aromatic heterocycles. The molecule has 1 aromatic carbocycles. The summed E-state index contributed by atoms with van der Waals surface area (Å²) < 4.78 is 5.94. The summed E-state index contributed by atoms with van der Waals surface area (Å²) in [7, 11) is 0. The van der Waals surface area contributed by atoms with Crippen molar-refractivity contribution in [1.29, 1.82) is 0 Å². The van der Waals surface area contributed by atoms with Crippen molar-refractivity contribution in [3.05, 3.63) is 29.5 Å². The fourth-order valence-corrected chi connectivity index (χ4v) is 3.44. The van der Waals surface area contributed by atoms with Gasteiger partial charge in [-0.05, 0) is 31.5 Å². The van der Waals surface area contributed by atoms with Crippen LogP contribution in [0.4, 0.5) is 10.6 Å². The van der Waals surface area contributed by atoms with Crippen LogP contribution < -0.4 is 10.2 Å². The summed E-state index contributed by atoms with van der Waals surface area (Å²) >= 11 is 6.07. The predicted octanol–water partition coefficient (Wildman–Crippen LogP) is 3.27. The highest BCUT2D eigenvalue weighted by atomic mass is 35.5. The van der Waals surface area contributed by atoms with Crippen LogP contribution in [0.25, 0.3) is 22.1 Å². The number of hydrogen-bond donors (Lipinski definition) is 2. The van der Waals surface area contributed by atoms with Crippen LogP contribution in [0.15, 0.2) is 28.9 Å². The number of aromatic nitrogens is 2. The van der Waals surface area contributed by atoms with E-state index in [1.807, 2.05) is 24.0 Å². The average Bonchev–Trinajstić information content (AvgIpc) is 3.07. The summed E-state index contributed by atoms with van der Waals surface area (Å²) in [6.07, 6.45) is 1.16. The third-order valence-electron chi connectivity index (χ3n) is 4.38. The Morgan fingerprint density at radius 2 is 2.29 bits per heavy atom. The molecular formula is C16H15ClN4O3. The van der Waals surface area contributed by atoms with Gasteiger partial charge in [0.25, 0.3) is 0 Å². The minimum absolute atomic E-state index is 0.515.